The van der Waals surface area contributed by atoms with Gasteiger partial charge < -0.3 is 4.90 Å². The van der Waals surface area contributed by atoms with Gasteiger partial charge in [0.1, 0.15) is 0 Å². The normalized spacial score (nSPS) is 18.4. The molecule has 31 heavy (non-hydrogen) atoms. The fourth-order valence-electron chi connectivity index (χ4n) is 4.39. The molecule has 2 aromatic rings. The predicted molar refractivity (Wildman–Crippen MR) is 123 cm³/mol. The fourth-order valence-corrected chi connectivity index (χ4v) is 4.66. The Labute approximate surface area is 189 Å². The molecule has 0 aromatic carbocycles. The third-order valence-corrected chi connectivity index (χ3v) is 6.61. The van der Waals surface area contributed by atoms with Gasteiger partial charge in [0.15, 0.2) is 10.6 Å². The summed E-state index contributed by atoms with van der Waals surface area (Å²) in [6, 6.07) is 3.96. The van der Waals surface area contributed by atoms with Gasteiger partial charge >= 0.3 is 0 Å². The molecule has 0 bridgehead atoms. The highest BCUT2D eigenvalue weighted by atomic mass is 32.1. The van der Waals surface area contributed by atoms with Gasteiger partial charge in [-0.05, 0) is 50.0 Å². The SMILES string of the molecule is CCCn1c(-c2ccncc2)nn(CN2CCN(CC(=O)N3CCCCC3)CC2)c1=S. The van der Waals surface area contributed by atoms with Gasteiger partial charge in [0.25, 0.3) is 0 Å². The van der Waals surface area contributed by atoms with Crippen LogP contribution in [-0.2, 0) is 18.0 Å². The summed E-state index contributed by atoms with van der Waals surface area (Å²) in [5.74, 6) is 1.19. The van der Waals surface area contributed by atoms with Crippen molar-refractivity contribution >= 4 is 18.1 Å². The Hall–Kier alpha value is -2.10. The highest BCUT2D eigenvalue weighted by Gasteiger charge is 2.23. The van der Waals surface area contributed by atoms with E-state index in [9.17, 15) is 4.79 Å². The second kappa shape index (κ2) is 10.5. The lowest BCUT2D eigenvalue weighted by Crippen LogP contribution is -2.50. The fraction of sp³-hybridized carbons (Fsp3) is 0.636. The van der Waals surface area contributed by atoms with Crippen molar-refractivity contribution < 1.29 is 4.79 Å². The molecule has 4 heterocycles. The Morgan fingerprint density at radius 1 is 1.00 bits per heavy atom. The summed E-state index contributed by atoms with van der Waals surface area (Å²) in [4.78, 5) is 23.4. The largest absolute Gasteiger partial charge is 0.342 e. The number of piperidine rings is 1. The summed E-state index contributed by atoms with van der Waals surface area (Å²) in [5.41, 5.74) is 1.04. The lowest BCUT2D eigenvalue weighted by atomic mass is 10.1. The van der Waals surface area contributed by atoms with Crippen LogP contribution in [0, 0.1) is 4.77 Å². The quantitative estimate of drug-likeness (QED) is 0.613. The molecule has 2 saturated heterocycles. The molecule has 0 N–H and O–H groups in total. The molecule has 2 aliphatic heterocycles. The number of piperazine rings is 1. The van der Waals surface area contributed by atoms with E-state index in [0.29, 0.717) is 13.2 Å². The zero-order valence-corrected chi connectivity index (χ0v) is 19.3. The number of amides is 1. The van der Waals surface area contributed by atoms with Crippen molar-refractivity contribution in [3.05, 3.63) is 29.3 Å². The highest BCUT2D eigenvalue weighted by Crippen LogP contribution is 2.18. The second-order valence-corrected chi connectivity index (χ2v) is 8.84. The summed E-state index contributed by atoms with van der Waals surface area (Å²) < 4.78 is 4.82. The summed E-state index contributed by atoms with van der Waals surface area (Å²) >= 11 is 5.76. The van der Waals surface area contributed by atoms with Crippen molar-refractivity contribution in [2.45, 2.75) is 45.8 Å². The highest BCUT2D eigenvalue weighted by molar-refractivity contribution is 7.71. The molecule has 0 saturated carbocycles. The molecule has 2 aromatic heterocycles. The van der Waals surface area contributed by atoms with Crippen LogP contribution >= 0.6 is 12.2 Å². The van der Waals surface area contributed by atoms with Crippen molar-refractivity contribution in [1.82, 2.24) is 34.0 Å². The first-order valence-electron chi connectivity index (χ1n) is 11.5. The van der Waals surface area contributed by atoms with E-state index in [0.717, 1.165) is 81.2 Å². The van der Waals surface area contributed by atoms with E-state index in [1.807, 2.05) is 21.7 Å². The number of carbonyl (C=O) groups is 1. The van der Waals surface area contributed by atoms with Gasteiger partial charge in [-0.1, -0.05) is 6.92 Å². The van der Waals surface area contributed by atoms with Crippen LogP contribution in [0.1, 0.15) is 32.6 Å². The lowest BCUT2D eigenvalue weighted by Gasteiger charge is -2.35. The van der Waals surface area contributed by atoms with Crippen LogP contribution in [0.15, 0.2) is 24.5 Å². The molecule has 0 atom stereocenters. The van der Waals surface area contributed by atoms with E-state index in [1.54, 1.807) is 12.4 Å². The molecule has 9 heteroatoms. The van der Waals surface area contributed by atoms with Gasteiger partial charge in [-0.2, -0.15) is 5.10 Å². The maximum absolute atomic E-state index is 12.6. The summed E-state index contributed by atoms with van der Waals surface area (Å²) in [5, 5.41) is 4.85. The van der Waals surface area contributed by atoms with Crippen LogP contribution in [0.25, 0.3) is 11.4 Å². The monoisotopic (exact) mass is 443 g/mol. The van der Waals surface area contributed by atoms with Gasteiger partial charge in [-0.15, -0.1) is 0 Å². The zero-order valence-electron chi connectivity index (χ0n) is 18.4. The number of rotatable bonds is 7. The van der Waals surface area contributed by atoms with Crippen LogP contribution in [0.5, 0.6) is 0 Å². The summed E-state index contributed by atoms with van der Waals surface area (Å²) in [7, 11) is 0. The van der Waals surface area contributed by atoms with Crippen molar-refractivity contribution in [2.24, 2.45) is 0 Å². The maximum Gasteiger partial charge on any atom is 0.236 e. The van der Waals surface area contributed by atoms with E-state index in [-0.39, 0.29) is 5.91 Å². The first-order chi connectivity index (χ1) is 15.2. The van der Waals surface area contributed by atoms with E-state index in [1.165, 1.54) is 6.42 Å². The van der Waals surface area contributed by atoms with Crippen LogP contribution in [0.4, 0.5) is 0 Å². The minimum absolute atomic E-state index is 0.288. The Balaban J connectivity index is 1.36. The Kier molecular flexibility index (Phi) is 7.47. The average molecular weight is 444 g/mol. The molecular weight excluding hydrogens is 410 g/mol. The summed E-state index contributed by atoms with van der Waals surface area (Å²) in [6.07, 6.45) is 8.12. The Morgan fingerprint density at radius 3 is 2.35 bits per heavy atom. The van der Waals surface area contributed by atoms with Gasteiger partial charge in [-0.3, -0.25) is 24.1 Å². The van der Waals surface area contributed by atoms with Gasteiger partial charge in [0, 0.05) is 63.8 Å². The van der Waals surface area contributed by atoms with Gasteiger partial charge in [0.05, 0.1) is 13.2 Å². The first kappa shape index (κ1) is 22.1. The van der Waals surface area contributed by atoms with Gasteiger partial charge in [-0.25, -0.2) is 4.68 Å². The molecule has 0 unspecified atom stereocenters. The zero-order chi connectivity index (χ0) is 21.6. The van der Waals surface area contributed by atoms with E-state index >= 15 is 0 Å². The molecule has 8 nitrogen and oxygen atoms in total. The van der Waals surface area contributed by atoms with Crippen molar-refractivity contribution in [1.29, 1.82) is 0 Å². The molecule has 2 aliphatic rings. The number of carbonyl (C=O) groups excluding carboxylic acids is 1. The van der Waals surface area contributed by atoms with Crippen LogP contribution < -0.4 is 0 Å². The van der Waals surface area contributed by atoms with Crippen molar-refractivity contribution in [3.63, 3.8) is 0 Å². The molecule has 1 amide bonds. The number of likely N-dealkylation sites (tertiary alicyclic amines) is 1. The molecule has 2 fully saturated rings. The van der Waals surface area contributed by atoms with Crippen molar-refractivity contribution in [3.8, 4) is 11.4 Å². The second-order valence-electron chi connectivity index (χ2n) is 8.47. The average Bonchev–Trinajstić information content (AvgIpc) is 3.12. The minimum Gasteiger partial charge on any atom is -0.342 e. The van der Waals surface area contributed by atoms with Crippen molar-refractivity contribution in [2.75, 3.05) is 45.8 Å². The molecule has 168 valence electrons. The third kappa shape index (κ3) is 5.39. The van der Waals surface area contributed by atoms with E-state index in [2.05, 4.69) is 26.3 Å². The number of hydrogen-bond donors (Lipinski definition) is 0. The molecule has 0 spiro atoms. The smallest absolute Gasteiger partial charge is 0.236 e. The molecule has 0 aliphatic carbocycles. The number of pyridine rings is 1. The van der Waals surface area contributed by atoms with Crippen LogP contribution in [0.2, 0.25) is 0 Å². The van der Waals surface area contributed by atoms with Gasteiger partial charge in [0.2, 0.25) is 5.91 Å². The Morgan fingerprint density at radius 2 is 1.68 bits per heavy atom. The molecular formula is C22H33N7OS. The first-order valence-corrected chi connectivity index (χ1v) is 11.9. The summed E-state index contributed by atoms with van der Waals surface area (Å²) in [6.45, 7) is 9.73. The molecule has 0 radical (unpaired) electrons. The maximum atomic E-state index is 12.6. The number of hydrogen-bond acceptors (Lipinski definition) is 6. The minimum atomic E-state index is 0.288. The predicted octanol–water partition coefficient (Wildman–Crippen LogP) is 2.47. The number of aromatic nitrogens is 4. The van der Waals surface area contributed by atoms with Crippen LogP contribution in [-0.4, -0.2) is 85.8 Å². The molecule has 4 rings (SSSR count). The lowest BCUT2D eigenvalue weighted by molar-refractivity contribution is -0.133. The number of nitrogens with zero attached hydrogens (tertiary/aromatic N) is 7. The third-order valence-electron chi connectivity index (χ3n) is 6.18. The van der Waals surface area contributed by atoms with E-state index < -0.39 is 0 Å². The van der Waals surface area contributed by atoms with Crippen LogP contribution in [0.3, 0.4) is 0 Å². The topological polar surface area (TPSA) is 62.4 Å². The standard InChI is InChI=1S/C22H33N7OS/c1-2-10-28-21(19-6-8-23-9-7-19)24-29(22(28)31)18-26-15-13-25(14-16-26)17-20(30)27-11-4-3-5-12-27/h6-9H,2-5,10-18H2,1H3. The Bertz CT molecular complexity index is 912. The van der Waals surface area contributed by atoms with E-state index in [4.69, 9.17) is 17.3 Å².